The number of aromatic hydroxyl groups is 3. The largest absolute Gasteiger partial charge is 0.508 e. The van der Waals surface area contributed by atoms with E-state index in [-0.39, 0.29) is 17.2 Å². The molecule has 0 saturated heterocycles. The molecule has 0 radical (unpaired) electrons. The van der Waals surface area contributed by atoms with Crippen LogP contribution in [0.5, 0.6) is 17.2 Å². The molecule has 0 aliphatic heterocycles. The fraction of sp³-hybridized carbons (Fsp3) is 0.143. The van der Waals surface area contributed by atoms with E-state index in [9.17, 15) is 15.3 Å². The molecule has 3 heteroatoms. The van der Waals surface area contributed by atoms with Gasteiger partial charge in [-0.15, -0.1) is 0 Å². The van der Waals surface area contributed by atoms with E-state index in [1.165, 1.54) is 12.1 Å². The van der Waals surface area contributed by atoms with Crippen LogP contribution < -0.4 is 0 Å². The van der Waals surface area contributed by atoms with Crippen LogP contribution >= 0.6 is 0 Å². The van der Waals surface area contributed by atoms with Gasteiger partial charge in [-0.3, -0.25) is 0 Å². The molecule has 3 N–H and O–H groups in total. The van der Waals surface area contributed by atoms with Gasteiger partial charge in [0.05, 0.1) is 0 Å². The average molecular weight is 230 g/mol. The maximum Gasteiger partial charge on any atom is 0.126 e. The SMILES string of the molecule is Cc1ccccc1Cc1c(O)cc(O)cc1O. The Bertz CT molecular complexity index is 524. The Morgan fingerprint density at radius 1 is 0.941 bits per heavy atom. The van der Waals surface area contributed by atoms with Gasteiger partial charge in [0, 0.05) is 24.1 Å². The maximum atomic E-state index is 9.70. The first kappa shape index (κ1) is 11.3. The standard InChI is InChI=1S/C14H14O3/c1-9-4-2-3-5-10(9)6-12-13(16)7-11(15)8-14(12)17/h2-5,7-8,15-17H,6H2,1H3. The summed E-state index contributed by atoms with van der Waals surface area (Å²) in [6.07, 6.45) is 0.435. The first-order valence-corrected chi connectivity index (χ1v) is 5.36. The molecule has 2 aromatic carbocycles. The maximum absolute atomic E-state index is 9.70. The number of aryl methyl sites for hydroxylation is 1. The van der Waals surface area contributed by atoms with Gasteiger partial charge in [-0.1, -0.05) is 24.3 Å². The Morgan fingerprint density at radius 2 is 1.53 bits per heavy atom. The van der Waals surface area contributed by atoms with Crippen molar-refractivity contribution in [2.75, 3.05) is 0 Å². The van der Waals surface area contributed by atoms with Crippen LogP contribution in [0.2, 0.25) is 0 Å². The molecule has 3 nitrogen and oxygen atoms in total. The van der Waals surface area contributed by atoms with Gasteiger partial charge >= 0.3 is 0 Å². The number of phenolic OH excluding ortho intramolecular Hbond substituents is 3. The zero-order valence-electron chi connectivity index (χ0n) is 9.51. The van der Waals surface area contributed by atoms with Crippen molar-refractivity contribution in [1.82, 2.24) is 0 Å². The molecule has 0 aromatic heterocycles. The summed E-state index contributed by atoms with van der Waals surface area (Å²) < 4.78 is 0. The van der Waals surface area contributed by atoms with Gasteiger partial charge in [-0.25, -0.2) is 0 Å². The quantitative estimate of drug-likeness (QED) is 0.743. The number of hydrogen-bond acceptors (Lipinski definition) is 3. The summed E-state index contributed by atoms with van der Waals surface area (Å²) in [7, 11) is 0. The number of phenols is 3. The van der Waals surface area contributed by atoms with Crippen molar-refractivity contribution in [2.24, 2.45) is 0 Å². The van der Waals surface area contributed by atoms with Crippen LogP contribution in [0.15, 0.2) is 36.4 Å². The first-order valence-electron chi connectivity index (χ1n) is 5.36. The second kappa shape index (κ2) is 4.37. The Morgan fingerprint density at radius 3 is 2.12 bits per heavy atom. The van der Waals surface area contributed by atoms with Gasteiger partial charge in [0.15, 0.2) is 0 Å². The highest BCUT2D eigenvalue weighted by molar-refractivity contribution is 5.51. The summed E-state index contributed by atoms with van der Waals surface area (Å²) in [4.78, 5) is 0. The summed E-state index contributed by atoms with van der Waals surface area (Å²) in [5, 5.41) is 28.6. The second-order valence-electron chi connectivity index (χ2n) is 4.07. The van der Waals surface area contributed by atoms with Crippen molar-refractivity contribution in [1.29, 1.82) is 0 Å². The zero-order chi connectivity index (χ0) is 12.4. The summed E-state index contributed by atoms with van der Waals surface area (Å²) in [6.45, 7) is 1.98. The zero-order valence-corrected chi connectivity index (χ0v) is 9.51. The third kappa shape index (κ3) is 2.33. The summed E-state index contributed by atoms with van der Waals surface area (Å²) >= 11 is 0. The van der Waals surface area contributed by atoms with Crippen molar-refractivity contribution in [3.8, 4) is 17.2 Å². The van der Waals surface area contributed by atoms with Crippen LogP contribution in [0.25, 0.3) is 0 Å². The van der Waals surface area contributed by atoms with Crippen molar-refractivity contribution >= 4 is 0 Å². The highest BCUT2D eigenvalue weighted by atomic mass is 16.3. The van der Waals surface area contributed by atoms with Crippen LogP contribution in [0.4, 0.5) is 0 Å². The molecule has 0 unspecified atom stereocenters. The molecular weight excluding hydrogens is 216 g/mol. The van der Waals surface area contributed by atoms with E-state index >= 15 is 0 Å². The molecular formula is C14H14O3. The average Bonchev–Trinajstić information content (AvgIpc) is 2.25. The van der Waals surface area contributed by atoms with Gasteiger partial charge in [0.1, 0.15) is 17.2 Å². The molecule has 88 valence electrons. The minimum atomic E-state index is -0.145. The van der Waals surface area contributed by atoms with Gasteiger partial charge in [-0.2, -0.15) is 0 Å². The Labute approximate surface area is 99.6 Å². The third-order valence-electron chi connectivity index (χ3n) is 2.82. The second-order valence-corrected chi connectivity index (χ2v) is 4.07. The Hall–Kier alpha value is -2.16. The van der Waals surface area contributed by atoms with Gasteiger partial charge in [-0.05, 0) is 18.1 Å². The molecule has 2 aromatic rings. The molecule has 0 aliphatic rings. The molecule has 0 saturated carbocycles. The third-order valence-corrected chi connectivity index (χ3v) is 2.82. The van der Waals surface area contributed by atoms with E-state index in [0.717, 1.165) is 11.1 Å². The van der Waals surface area contributed by atoms with E-state index in [4.69, 9.17) is 0 Å². The fourth-order valence-electron chi connectivity index (χ4n) is 1.81. The van der Waals surface area contributed by atoms with E-state index in [1.54, 1.807) is 0 Å². The minimum absolute atomic E-state index is 0.0919. The molecule has 2 rings (SSSR count). The molecule has 0 amide bonds. The fourth-order valence-corrected chi connectivity index (χ4v) is 1.81. The minimum Gasteiger partial charge on any atom is -0.508 e. The highest BCUT2D eigenvalue weighted by Gasteiger charge is 2.11. The lowest BCUT2D eigenvalue weighted by atomic mass is 9.99. The van der Waals surface area contributed by atoms with Crippen LogP contribution in [0.3, 0.4) is 0 Å². The highest BCUT2D eigenvalue weighted by Crippen LogP contribution is 2.33. The van der Waals surface area contributed by atoms with E-state index < -0.39 is 0 Å². The molecule has 0 spiro atoms. The van der Waals surface area contributed by atoms with Gasteiger partial charge in [0.2, 0.25) is 0 Å². The smallest absolute Gasteiger partial charge is 0.126 e. The van der Waals surface area contributed by atoms with Crippen molar-refractivity contribution < 1.29 is 15.3 Å². The first-order chi connectivity index (χ1) is 8.08. The van der Waals surface area contributed by atoms with Crippen molar-refractivity contribution in [3.05, 3.63) is 53.1 Å². The predicted octanol–water partition coefficient (Wildman–Crippen LogP) is 2.70. The lowest BCUT2D eigenvalue weighted by Gasteiger charge is -2.10. The van der Waals surface area contributed by atoms with E-state index in [0.29, 0.717) is 12.0 Å². The topological polar surface area (TPSA) is 60.7 Å². The van der Waals surface area contributed by atoms with Crippen LogP contribution in [-0.4, -0.2) is 15.3 Å². The monoisotopic (exact) mass is 230 g/mol. The summed E-state index contributed by atoms with van der Waals surface area (Å²) in [6, 6.07) is 10.2. The normalized spacial score (nSPS) is 10.4. The molecule has 17 heavy (non-hydrogen) atoms. The predicted molar refractivity (Wildman–Crippen MR) is 65.4 cm³/mol. The number of hydrogen-bond donors (Lipinski definition) is 3. The Balaban J connectivity index is 2.40. The lowest BCUT2D eigenvalue weighted by Crippen LogP contribution is -1.92. The molecule has 0 bridgehead atoms. The van der Waals surface area contributed by atoms with E-state index in [2.05, 4.69) is 0 Å². The molecule has 0 heterocycles. The number of rotatable bonds is 2. The van der Waals surface area contributed by atoms with Crippen LogP contribution in [0.1, 0.15) is 16.7 Å². The lowest BCUT2D eigenvalue weighted by molar-refractivity contribution is 0.420. The molecule has 0 fully saturated rings. The van der Waals surface area contributed by atoms with Crippen LogP contribution in [-0.2, 0) is 6.42 Å². The summed E-state index contributed by atoms with van der Waals surface area (Å²) in [5.41, 5.74) is 2.56. The van der Waals surface area contributed by atoms with E-state index in [1.807, 2.05) is 31.2 Å². The Kier molecular flexibility index (Phi) is 2.91. The van der Waals surface area contributed by atoms with Crippen molar-refractivity contribution in [2.45, 2.75) is 13.3 Å². The summed E-state index contributed by atoms with van der Waals surface area (Å²) in [5.74, 6) is -0.329. The van der Waals surface area contributed by atoms with Gasteiger partial charge in [0.25, 0.3) is 0 Å². The molecule has 0 aliphatic carbocycles. The van der Waals surface area contributed by atoms with Crippen LogP contribution in [0, 0.1) is 6.92 Å². The number of benzene rings is 2. The van der Waals surface area contributed by atoms with Crippen molar-refractivity contribution in [3.63, 3.8) is 0 Å². The molecule has 0 atom stereocenters. The van der Waals surface area contributed by atoms with Gasteiger partial charge < -0.3 is 15.3 Å².